The summed E-state index contributed by atoms with van der Waals surface area (Å²) in [6.45, 7) is 0.786. The van der Waals surface area contributed by atoms with E-state index >= 15 is 0 Å². The number of hydrogen-bond acceptors (Lipinski definition) is 4. The predicted molar refractivity (Wildman–Crippen MR) is 48.1 cm³/mol. The largest absolute Gasteiger partial charge is 0.344 e. The fourth-order valence-electron chi connectivity index (χ4n) is 0.906. The van der Waals surface area contributed by atoms with Crippen LogP contribution in [0.15, 0.2) is 0 Å². The molecule has 1 atom stereocenters. The van der Waals surface area contributed by atoms with Crippen LogP contribution in [0.25, 0.3) is 0 Å². The summed E-state index contributed by atoms with van der Waals surface area (Å²) < 4.78 is 0. The molecule has 12 heavy (non-hydrogen) atoms. The second-order valence-corrected chi connectivity index (χ2v) is 2.70. The van der Waals surface area contributed by atoms with Gasteiger partial charge in [0.1, 0.15) is 0 Å². The van der Waals surface area contributed by atoms with Crippen LogP contribution >= 0.6 is 0 Å². The van der Waals surface area contributed by atoms with E-state index in [1.807, 2.05) is 0 Å². The van der Waals surface area contributed by atoms with E-state index in [0.29, 0.717) is 13.0 Å². The Kier molecular flexibility index (Phi) is 6.64. The summed E-state index contributed by atoms with van der Waals surface area (Å²) in [5.74, 6) is -0.0954. The van der Waals surface area contributed by atoms with Crippen LogP contribution in [0.1, 0.15) is 19.3 Å². The molecule has 0 rings (SSSR count). The number of nitrogens with two attached hydrogens (primary N) is 3. The molecule has 0 spiro atoms. The van der Waals surface area contributed by atoms with Gasteiger partial charge in [-0.2, -0.15) is 0 Å². The van der Waals surface area contributed by atoms with E-state index in [1.54, 1.807) is 0 Å². The first kappa shape index (κ1) is 11.4. The highest BCUT2D eigenvalue weighted by molar-refractivity contribution is 5.76. The summed E-state index contributed by atoms with van der Waals surface area (Å²) in [6, 6.07) is -0.0971. The van der Waals surface area contributed by atoms with Crippen LogP contribution in [-0.2, 0) is 4.79 Å². The summed E-state index contributed by atoms with van der Waals surface area (Å²) in [5.41, 5.74) is 16.0. The van der Waals surface area contributed by atoms with Crippen molar-refractivity contribution in [2.45, 2.75) is 25.3 Å². The van der Waals surface area contributed by atoms with Crippen LogP contribution in [0.5, 0.6) is 0 Å². The molecule has 0 aliphatic rings. The molecule has 0 fully saturated rings. The molecule has 0 aliphatic carbocycles. The van der Waals surface area contributed by atoms with Gasteiger partial charge in [0, 0.05) is 12.5 Å². The Morgan fingerprint density at radius 3 is 2.58 bits per heavy atom. The topological polar surface area (TPSA) is 107 Å². The first-order valence-corrected chi connectivity index (χ1v) is 4.13. The van der Waals surface area contributed by atoms with E-state index in [9.17, 15) is 4.79 Å². The Bertz CT molecular complexity index is 129. The van der Waals surface area contributed by atoms with Gasteiger partial charge in [-0.25, -0.2) is 0 Å². The molecule has 0 aromatic heterocycles. The SMILES string of the molecule is NCCC[C@H](N)CC(=O)NCN. The van der Waals surface area contributed by atoms with E-state index in [1.165, 1.54) is 0 Å². The van der Waals surface area contributed by atoms with Gasteiger partial charge in [0.15, 0.2) is 0 Å². The highest BCUT2D eigenvalue weighted by atomic mass is 16.1. The monoisotopic (exact) mass is 174 g/mol. The molecule has 0 aliphatic heterocycles. The van der Waals surface area contributed by atoms with Crippen molar-refractivity contribution in [2.75, 3.05) is 13.2 Å². The van der Waals surface area contributed by atoms with Gasteiger partial charge in [0.2, 0.25) is 5.91 Å². The maximum absolute atomic E-state index is 10.9. The zero-order chi connectivity index (χ0) is 9.40. The van der Waals surface area contributed by atoms with Gasteiger partial charge < -0.3 is 22.5 Å². The average molecular weight is 174 g/mol. The Labute approximate surface area is 72.7 Å². The summed E-state index contributed by atoms with van der Waals surface area (Å²) in [6.07, 6.45) is 1.97. The first-order chi connectivity index (χ1) is 5.70. The number of amides is 1. The minimum absolute atomic E-state index is 0.0954. The fraction of sp³-hybridized carbons (Fsp3) is 0.857. The molecule has 0 radical (unpaired) electrons. The van der Waals surface area contributed by atoms with Gasteiger partial charge in [-0.15, -0.1) is 0 Å². The molecular formula is C7H18N4O. The van der Waals surface area contributed by atoms with Crippen LogP contribution in [0.4, 0.5) is 0 Å². The molecule has 0 aromatic rings. The number of carbonyl (C=O) groups excluding carboxylic acids is 1. The van der Waals surface area contributed by atoms with Crippen LogP contribution < -0.4 is 22.5 Å². The minimum Gasteiger partial charge on any atom is -0.344 e. The van der Waals surface area contributed by atoms with E-state index in [2.05, 4.69) is 5.32 Å². The van der Waals surface area contributed by atoms with Gasteiger partial charge in [0.05, 0.1) is 6.67 Å². The zero-order valence-corrected chi connectivity index (χ0v) is 7.25. The van der Waals surface area contributed by atoms with Crippen LogP contribution in [0, 0.1) is 0 Å². The van der Waals surface area contributed by atoms with Crippen LogP contribution in [-0.4, -0.2) is 25.2 Å². The summed E-state index contributed by atoms with van der Waals surface area (Å²) in [7, 11) is 0. The molecule has 5 nitrogen and oxygen atoms in total. The smallest absolute Gasteiger partial charge is 0.222 e. The van der Waals surface area contributed by atoms with E-state index in [-0.39, 0.29) is 18.6 Å². The quantitative estimate of drug-likeness (QED) is 0.367. The second kappa shape index (κ2) is 7.02. The minimum atomic E-state index is -0.0971. The lowest BCUT2D eigenvalue weighted by atomic mass is 10.1. The Morgan fingerprint density at radius 1 is 1.42 bits per heavy atom. The molecule has 72 valence electrons. The van der Waals surface area contributed by atoms with Crippen molar-refractivity contribution in [3.8, 4) is 0 Å². The van der Waals surface area contributed by atoms with Crippen molar-refractivity contribution in [1.82, 2.24) is 5.32 Å². The second-order valence-electron chi connectivity index (χ2n) is 2.70. The number of hydrogen-bond donors (Lipinski definition) is 4. The van der Waals surface area contributed by atoms with Gasteiger partial charge in [-0.3, -0.25) is 4.79 Å². The van der Waals surface area contributed by atoms with E-state index in [0.717, 1.165) is 12.8 Å². The maximum Gasteiger partial charge on any atom is 0.222 e. The van der Waals surface area contributed by atoms with Gasteiger partial charge in [-0.1, -0.05) is 0 Å². The lowest BCUT2D eigenvalue weighted by Crippen LogP contribution is -2.34. The summed E-state index contributed by atoms with van der Waals surface area (Å²) >= 11 is 0. The van der Waals surface area contributed by atoms with Crippen molar-refractivity contribution < 1.29 is 4.79 Å². The molecule has 0 bridgehead atoms. The fourth-order valence-corrected chi connectivity index (χ4v) is 0.906. The molecule has 0 heterocycles. The molecule has 0 saturated heterocycles. The lowest BCUT2D eigenvalue weighted by molar-refractivity contribution is -0.121. The van der Waals surface area contributed by atoms with Gasteiger partial charge in [-0.05, 0) is 19.4 Å². The van der Waals surface area contributed by atoms with Crippen LogP contribution in [0.3, 0.4) is 0 Å². The molecule has 0 unspecified atom stereocenters. The molecule has 0 aromatic carbocycles. The summed E-state index contributed by atoms with van der Waals surface area (Å²) in [4.78, 5) is 10.9. The van der Waals surface area contributed by atoms with Crippen molar-refractivity contribution >= 4 is 5.91 Å². The zero-order valence-electron chi connectivity index (χ0n) is 7.25. The van der Waals surface area contributed by atoms with E-state index in [4.69, 9.17) is 17.2 Å². The standard InChI is InChI=1S/C7H18N4O/c8-3-1-2-6(10)4-7(12)11-5-9/h6H,1-5,8-10H2,(H,11,12)/t6-/m0/s1. The number of carbonyl (C=O) groups is 1. The molecule has 5 heteroatoms. The Morgan fingerprint density at radius 2 is 2.08 bits per heavy atom. The predicted octanol–water partition coefficient (Wildman–Crippen LogP) is -1.52. The normalized spacial score (nSPS) is 12.6. The van der Waals surface area contributed by atoms with E-state index < -0.39 is 0 Å². The maximum atomic E-state index is 10.9. The highest BCUT2D eigenvalue weighted by Crippen LogP contribution is 1.97. The van der Waals surface area contributed by atoms with Crippen LogP contribution in [0.2, 0.25) is 0 Å². The van der Waals surface area contributed by atoms with Gasteiger partial charge >= 0.3 is 0 Å². The third-order valence-corrected chi connectivity index (χ3v) is 1.53. The molecular weight excluding hydrogens is 156 g/mol. The third-order valence-electron chi connectivity index (χ3n) is 1.53. The van der Waals surface area contributed by atoms with Crippen molar-refractivity contribution in [3.05, 3.63) is 0 Å². The average Bonchev–Trinajstić information content (AvgIpc) is 2.01. The Balaban J connectivity index is 3.40. The lowest BCUT2D eigenvalue weighted by Gasteiger charge is -2.09. The third kappa shape index (κ3) is 6.09. The number of rotatable bonds is 6. The van der Waals surface area contributed by atoms with Crippen molar-refractivity contribution in [3.63, 3.8) is 0 Å². The summed E-state index contributed by atoms with van der Waals surface area (Å²) in [5, 5.41) is 2.48. The van der Waals surface area contributed by atoms with Gasteiger partial charge in [0.25, 0.3) is 0 Å². The first-order valence-electron chi connectivity index (χ1n) is 4.13. The molecule has 0 saturated carbocycles. The number of nitrogens with one attached hydrogen (secondary N) is 1. The van der Waals surface area contributed by atoms with Crippen molar-refractivity contribution in [2.24, 2.45) is 17.2 Å². The van der Waals surface area contributed by atoms with Crippen molar-refractivity contribution in [1.29, 1.82) is 0 Å². The molecule has 7 N–H and O–H groups in total. The molecule has 1 amide bonds. The highest BCUT2D eigenvalue weighted by Gasteiger charge is 2.07. The Hall–Kier alpha value is -0.650.